The summed E-state index contributed by atoms with van der Waals surface area (Å²) < 4.78 is 22.1. The molecule has 0 unspecified atom stereocenters. The Kier molecular flexibility index (Phi) is 8.21. The summed E-state index contributed by atoms with van der Waals surface area (Å²) in [5.41, 5.74) is -0.535. The second kappa shape index (κ2) is 10.7. The standard InChI is InChI=1S/C26H36O8/c1-17(2)23(29)31-9-5-7-21(27)33-25-12-19-11-20(13-25)15-26(14-19,16-25)34-22(28)8-6-10-32-24(30)18(3)4/h19-20H,1,3,5-16H2,2,4H3. The van der Waals surface area contributed by atoms with Gasteiger partial charge in [-0.2, -0.15) is 0 Å². The molecule has 0 amide bonds. The van der Waals surface area contributed by atoms with Crippen LogP contribution in [0.5, 0.6) is 0 Å². The van der Waals surface area contributed by atoms with Crippen molar-refractivity contribution in [2.24, 2.45) is 11.8 Å². The normalized spacial score (nSPS) is 28.6. The first-order chi connectivity index (χ1) is 16.0. The first kappa shape index (κ1) is 26.0. The Morgan fingerprint density at radius 1 is 0.735 bits per heavy atom. The molecule has 4 aliphatic rings. The molecule has 188 valence electrons. The first-order valence-electron chi connectivity index (χ1n) is 12.1. The molecule has 34 heavy (non-hydrogen) atoms. The van der Waals surface area contributed by atoms with E-state index in [1.807, 2.05) is 0 Å². The van der Waals surface area contributed by atoms with E-state index in [9.17, 15) is 19.2 Å². The molecular weight excluding hydrogens is 440 g/mol. The average Bonchev–Trinajstić information content (AvgIpc) is 2.72. The summed E-state index contributed by atoms with van der Waals surface area (Å²) in [5, 5.41) is 0. The fraction of sp³-hybridized carbons (Fsp3) is 0.692. The number of ether oxygens (including phenoxy) is 4. The summed E-state index contributed by atoms with van der Waals surface area (Å²) in [6.07, 6.45) is 5.91. The van der Waals surface area contributed by atoms with E-state index in [2.05, 4.69) is 13.2 Å². The van der Waals surface area contributed by atoms with Crippen molar-refractivity contribution in [2.45, 2.75) is 89.3 Å². The second-order valence-electron chi connectivity index (χ2n) is 10.3. The van der Waals surface area contributed by atoms with E-state index in [0.29, 0.717) is 42.2 Å². The van der Waals surface area contributed by atoms with Gasteiger partial charge in [-0.15, -0.1) is 0 Å². The summed E-state index contributed by atoms with van der Waals surface area (Å²) in [6.45, 7) is 10.5. The van der Waals surface area contributed by atoms with Crippen LogP contribution in [0.25, 0.3) is 0 Å². The Labute approximate surface area is 201 Å². The fourth-order valence-electron chi connectivity index (χ4n) is 5.93. The van der Waals surface area contributed by atoms with E-state index in [-0.39, 0.29) is 38.0 Å². The van der Waals surface area contributed by atoms with Crippen LogP contribution in [-0.2, 0) is 38.1 Å². The van der Waals surface area contributed by atoms with Crippen LogP contribution in [-0.4, -0.2) is 48.3 Å². The Morgan fingerprint density at radius 2 is 1.12 bits per heavy atom. The van der Waals surface area contributed by atoms with Crippen LogP contribution in [0.2, 0.25) is 0 Å². The number of rotatable bonds is 12. The van der Waals surface area contributed by atoms with Crippen LogP contribution in [0.15, 0.2) is 24.3 Å². The van der Waals surface area contributed by atoms with Gasteiger partial charge in [-0.05, 0) is 70.6 Å². The molecular formula is C26H36O8. The van der Waals surface area contributed by atoms with Crippen molar-refractivity contribution in [3.8, 4) is 0 Å². The lowest BCUT2D eigenvalue weighted by Crippen LogP contribution is -2.61. The Hall–Kier alpha value is -2.64. The minimum atomic E-state index is -0.590. The maximum absolute atomic E-state index is 12.6. The van der Waals surface area contributed by atoms with Gasteiger partial charge in [-0.1, -0.05) is 13.2 Å². The van der Waals surface area contributed by atoms with Gasteiger partial charge in [0.15, 0.2) is 0 Å². The van der Waals surface area contributed by atoms with Crippen molar-refractivity contribution in [3.05, 3.63) is 24.3 Å². The smallest absolute Gasteiger partial charge is 0.333 e. The zero-order valence-electron chi connectivity index (χ0n) is 20.3. The van der Waals surface area contributed by atoms with Gasteiger partial charge in [-0.25, -0.2) is 9.59 Å². The summed E-state index contributed by atoms with van der Waals surface area (Å²) in [7, 11) is 0. The van der Waals surface area contributed by atoms with E-state index in [4.69, 9.17) is 18.9 Å². The lowest BCUT2D eigenvalue weighted by atomic mass is 9.52. The summed E-state index contributed by atoms with van der Waals surface area (Å²) in [5.74, 6) is -0.813. The van der Waals surface area contributed by atoms with Crippen molar-refractivity contribution in [2.75, 3.05) is 13.2 Å². The Balaban J connectivity index is 1.48. The quantitative estimate of drug-likeness (QED) is 0.180. The van der Waals surface area contributed by atoms with E-state index < -0.39 is 23.1 Å². The van der Waals surface area contributed by atoms with Gasteiger partial charge in [0, 0.05) is 30.4 Å². The highest BCUT2D eigenvalue weighted by atomic mass is 16.6. The summed E-state index contributed by atoms with van der Waals surface area (Å²) in [4.78, 5) is 48.0. The van der Waals surface area contributed by atoms with Crippen LogP contribution < -0.4 is 0 Å². The molecule has 8 heteroatoms. The third-order valence-electron chi connectivity index (χ3n) is 6.83. The molecule has 4 aliphatic carbocycles. The number of hydrogen-bond donors (Lipinski definition) is 0. The Morgan fingerprint density at radius 3 is 1.47 bits per heavy atom. The molecule has 0 saturated heterocycles. The van der Waals surface area contributed by atoms with Crippen LogP contribution in [0, 0.1) is 11.8 Å². The van der Waals surface area contributed by atoms with Gasteiger partial charge < -0.3 is 18.9 Å². The molecule has 0 aromatic heterocycles. The molecule has 0 aliphatic heterocycles. The second-order valence-corrected chi connectivity index (χ2v) is 10.3. The lowest BCUT2D eigenvalue weighted by Gasteiger charge is -2.60. The third kappa shape index (κ3) is 6.70. The Bertz CT molecular complexity index is 777. The molecule has 0 atom stereocenters. The van der Waals surface area contributed by atoms with E-state index >= 15 is 0 Å². The molecule has 4 rings (SSSR count). The lowest BCUT2D eigenvalue weighted by molar-refractivity contribution is -0.231. The van der Waals surface area contributed by atoms with Crippen LogP contribution in [0.3, 0.4) is 0 Å². The first-order valence-corrected chi connectivity index (χ1v) is 12.1. The number of carbonyl (C=O) groups is 4. The maximum atomic E-state index is 12.6. The zero-order valence-corrected chi connectivity index (χ0v) is 20.3. The van der Waals surface area contributed by atoms with Gasteiger partial charge >= 0.3 is 23.9 Å². The monoisotopic (exact) mass is 476 g/mol. The van der Waals surface area contributed by atoms with Crippen LogP contribution in [0.4, 0.5) is 0 Å². The SMILES string of the molecule is C=C(C)C(=O)OCCCC(=O)OC12CC3CC(C1)CC(OC(=O)CCCOC(=O)C(=C)C)(C3)C2. The number of esters is 4. The molecule has 0 spiro atoms. The van der Waals surface area contributed by atoms with Gasteiger partial charge in [0.2, 0.25) is 0 Å². The largest absolute Gasteiger partial charge is 0.462 e. The highest BCUT2D eigenvalue weighted by molar-refractivity contribution is 5.87. The fourth-order valence-corrected chi connectivity index (χ4v) is 5.93. The minimum Gasteiger partial charge on any atom is -0.462 e. The molecule has 8 nitrogen and oxygen atoms in total. The molecule has 0 radical (unpaired) electrons. The van der Waals surface area contributed by atoms with Crippen LogP contribution in [0.1, 0.15) is 78.1 Å². The van der Waals surface area contributed by atoms with Gasteiger partial charge in [0.05, 0.1) is 13.2 Å². The molecule has 4 fully saturated rings. The number of hydrogen-bond acceptors (Lipinski definition) is 8. The number of carbonyl (C=O) groups excluding carboxylic acids is 4. The highest BCUT2D eigenvalue weighted by Crippen LogP contribution is 2.60. The van der Waals surface area contributed by atoms with Crippen molar-refractivity contribution in [3.63, 3.8) is 0 Å². The van der Waals surface area contributed by atoms with E-state index in [1.54, 1.807) is 13.8 Å². The van der Waals surface area contributed by atoms with Crippen molar-refractivity contribution in [1.82, 2.24) is 0 Å². The van der Waals surface area contributed by atoms with Crippen molar-refractivity contribution >= 4 is 23.9 Å². The predicted molar refractivity (Wildman–Crippen MR) is 122 cm³/mol. The van der Waals surface area contributed by atoms with Crippen molar-refractivity contribution < 1.29 is 38.1 Å². The van der Waals surface area contributed by atoms with Gasteiger partial charge in [-0.3, -0.25) is 9.59 Å². The van der Waals surface area contributed by atoms with E-state index in [1.165, 1.54) is 0 Å². The predicted octanol–water partition coefficient (Wildman–Crippen LogP) is 3.96. The van der Waals surface area contributed by atoms with Crippen LogP contribution >= 0.6 is 0 Å². The molecule has 4 bridgehead atoms. The highest BCUT2D eigenvalue weighted by Gasteiger charge is 2.61. The summed E-state index contributed by atoms with van der Waals surface area (Å²) in [6, 6.07) is 0. The van der Waals surface area contributed by atoms with Gasteiger partial charge in [0.1, 0.15) is 11.2 Å². The van der Waals surface area contributed by atoms with Crippen molar-refractivity contribution in [1.29, 1.82) is 0 Å². The van der Waals surface area contributed by atoms with E-state index in [0.717, 1.165) is 32.1 Å². The molecule has 0 heterocycles. The average molecular weight is 477 g/mol. The molecule has 4 saturated carbocycles. The third-order valence-corrected chi connectivity index (χ3v) is 6.83. The topological polar surface area (TPSA) is 105 Å². The maximum Gasteiger partial charge on any atom is 0.333 e. The molecule has 0 aromatic carbocycles. The van der Waals surface area contributed by atoms with Gasteiger partial charge in [0.25, 0.3) is 0 Å². The zero-order chi connectivity index (χ0) is 24.9. The summed E-state index contributed by atoms with van der Waals surface area (Å²) >= 11 is 0. The minimum absolute atomic E-state index is 0.141. The molecule has 0 aromatic rings. The molecule has 0 N–H and O–H groups in total.